The maximum Gasteiger partial charge on any atom is 0.356 e. The minimum absolute atomic E-state index is 0.0456. The Balaban J connectivity index is 1.73. The molecule has 2 heterocycles. The van der Waals surface area contributed by atoms with Gasteiger partial charge in [-0.2, -0.15) is 5.10 Å². The van der Waals surface area contributed by atoms with Crippen LogP contribution in [0.5, 0.6) is 0 Å². The number of rotatable bonds is 2. The topological polar surface area (TPSA) is 62.6 Å². The summed E-state index contributed by atoms with van der Waals surface area (Å²) in [5.74, 6) is 0.0794. The van der Waals surface area contributed by atoms with Gasteiger partial charge in [-0.1, -0.05) is 13.8 Å². The Morgan fingerprint density at radius 1 is 1.36 bits per heavy atom. The summed E-state index contributed by atoms with van der Waals surface area (Å²) in [6, 6.07) is 0. The van der Waals surface area contributed by atoms with Crippen LogP contribution in [0.25, 0.3) is 0 Å². The van der Waals surface area contributed by atoms with Gasteiger partial charge in [0.1, 0.15) is 5.69 Å². The number of esters is 1. The van der Waals surface area contributed by atoms with Crippen LogP contribution in [0.3, 0.4) is 0 Å². The van der Waals surface area contributed by atoms with E-state index in [9.17, 15) is 4.79 Å². The normalized spacial score (nSPS) is 33.1. The van der Waals surface area contributed by atoms with Crippen molar-refractivity contribution >= 4 is 5.97 Å². The summed E-state index contributed by atoms with van der Waals surface area (Å²) in [6.45, 7) is 8.16. The lowest BCUT2D eigenvalue weighted by Crippen LogP contribution is -2.55. The molecule has 6 heteroatoms. The number of aromatic nitrogens is 2. The number of ether oxygens (including phenoxy) is 3. The Morgan fingerprint density at radius 2 is 2.08 bits per heavy atom. The summed E-state index contributed by atoms with van der Waals surface area (Å²) in [5, 5.41) is 4.79. The second kappa shape index (κ2) is 5.81. The van der Waals surface area contributed by atoms with E-state index >= 15 is 0 Å². The molecule has 4 rings (SSSR count). The first-order valence-electron chi connectivity index (χ1n) is 9.44. The zero-order valence-corrected chi connectivity index (χ0v) is 15.6. The quantitative estimate of drug-likeness (QED) is 0.769. The molecule has 0 bridgehead atoms. The molecule has 0 amide bonds. The molecule has 1 aromatic heterocycles. The summed E-state index contributed by atoms with van der Waals surface area (Å²) in [6.07, 6.45) is 3.73. The van der Waals surface area contributed by atoms with Gasteiger partial charge in [0.15, 0.2) is 5.79 Å². The Morgan fingerprint density at radius 3 is 2.76 bits per heavy atom. The van der Waals surface area contributed by atoms with Crippen molar-refractivity contribution in [3.05, 3.63) is 17.0 Å². The molecule has 138 valence electrons. The van der Waals surface area contributed by atoms with Crippen molar-refractivity contribution in [3.63, 3.8) is 0 Å². The molecule has 0 aromatic carbocycles. The molecule has 1 saturated carbocycles. The van der Waals surface area contributed by atoms with Crippen LogP contribution in [0, 0.1) is 11.8 Å². The number of aryl methyl sites for hydroxylation is 1. The van der Waals surface area contributed by atoms with Gasteiger partial charge < -0.3 is 14.2 Å². The van der Waals surface area contributed by atoms with Crippen molar-refractivity contribution < 1.29 is 19.0 Å². The van der Waals surface area contributed by atoms with Crippen molar-refractivity contribution in [2.75, 3.05) is 19.8 Å². The highest BCUT2D eigenvalue weighted by Gasteiger charge is 2.58. The lowest BCUT2D eigenvalue weighted by Gasteiger charge is -2.53. The van der Waals surface area contributed by atoms with E-state index in [1.165, 1.54) is 0 Å². The van der Waals surface area contributed by atoms with E-state index in [-0.39, 0.29) is 11.4 Å². The fraction of sp³-hybridized carbons (Fsp3) is 0.789. The van der Waals surface area contributed by atoms with Crippen molar-refractivity contribution in [1.29, 1.82) is 0 Å². The highest BCUT2D eigenvalue weighted by Crippen LogP contribution is 2.56. The molecule has 3 aliphatic rings. The standard InChI is InChI=1S/C19H28N2O4/c1-5-23-17(22)15-13-6-7-14-12(2)19(24-10-11-25-19)9-8-18(14,3)16(13)20-21(15)4/h12,14H,5-11H2,1-4H3/t12-,14-,18-/m0/s1. The third-order valence-electron chi connectivity index (χ3n) is 6.74. The van der Waals surface area contributed by atoms with Gasteiger partial charge in [-0.25, -0.2) is 4.79 Å². The monoisotopic (exact) mass is 348 g/mol. The minimum atomic E-state index is -0.416. The van der Waals surface area contributed by atoms with Crippen LogP contribution in [0.2, 0.25) is 0 Å². The molecule has 0 N–H and O–H groups in total. The predicted octanol–water partition coefficient (Wildman–Crippen LogP) is 2.59. The highest BCUT2D eigenvalue weighted by molar-refractivity contribution is 5.89. The van der Waals surface area contributed by atoms with Crippen LogP contribution in [0.1, 0.15) is 61.8 Å². The summed E-state index contributed by atoms with van der Waals surface area (Å²) < 4.78 is 19.1. The Bertz CT molecular complexity index is 692. The first-order valence-corrected chi connectivity index (χ1v) is 9.44. The van der Waals surface area contributed by atoms with Gasteiger partial charge in [0.05, 0.1) is 25.5 Å². The van der Waals surface area contributed by atoms with E-state index < -0.39 is 5.79 Å². The van der Waals surface area contributed by atoms with Crippen LogP contribution in [-0.4, -0.2) is 41.4 Å². The predicted molar refractivity (Wildman–Crippen MR) is 91.4 cm³/mol. The van der Waals surface area contributed by atoms with Gasteiger partial charge in [-0.15, -0.1) is 0 Å². The van der Waals surface area contributed by atoms with Crippen molar-refractivity contribution in [2.45, 2.75) is 57.7 Å². The molecule has 1 spiro atoms. The van der Waals surface area contributed by atoms with E-state index in [0.717, 1.165) is 36.9 Å². The average molecular weight is 348 g/mol. The smallest absolute Gasteiger partial charge is 0.356 e. The molecule has 6 nitrogen and oxygen atoms in total. The first-order chi connectivity index (χ1) is 11.9. The number of nitrogens with zero attached hydrogens (tertiary/aromatic N) is 2. The maximum atomic E-state index is 12.4. The van der Waals surface area contributed by atoms with E-state index in [4.69, 9.17) is 19.3 Å². The molecule has 1 aliphatic heterocycles. The summed E-state index contributed by atoms with van der Waals surface area (Å²) in [4.78, 5) is 12.4. The van der Waals surface area contributed by atoms with Gasteiger partial charge in [-0.3, -0.25) is 4.68 Å². The molecule has 1 saturated heterocycles. The molecular formula is C19H28N2O4. The minimum Gasteiger partial charge on any atom is -0.461 e. The van der Waals surface area contributed by atoms with Gasteiger partial charge in [0.2, 0.25) is 0 Å². The Kier molecular flexibility index (Phi) is 3.96. The van der Waals surface area contributed by atoms with Gasteiger partial charge in [0, 0.05) is 30.4 Å². The van der Waals surface area contributed by atoms with Crippen LogP contribution in [-0.2, 0) is 33.1 Å². The fourth-order valence-electron chi connectivity index (χ4n) is 5.46. The number of fused-ring (bicyclic) bond motifs is 3. The maximum absolute atomic E-state index is 12.4. The fourth-order valence-corrected chi connectivity index (χ4v) is 5.46. The lowest BCUT2D eigenvalue weighted by atomic mass is 9.55. The van der Waals surface area contributed by atoms with E-state index in [1.54, 1.807) is 4.68 Å². The molecule has 25 heavy (non-hydrogen) atoms. The second-order valence-corrected chi connectivity index (χ2v) is 7.88. The molecular weight excluding hydrogens is 320 g/mol. The largest absolute Gasteiger partial charge is 0.461 e. The van der Waals surface area contributed by atoms with Crippen LogP contribution >= 0.6 is 0 Å². The Hall–Kier alpha value is -1.40. The number of hydrogen-bond donors (Lipinski definition) is 0. The van der Waals surface area contributed by atoms with Gasteiger partial charge >= 0.3 is 5.97 Å². The second-order valence-electron chi connectivity index (χ2n) is 7.88. The Labute approximate surface area is 148 Å². The number of carbonyl (C=O) groups excluding carboxylic acids is 1. The molecule has 2 aliphatic carbocycles. The highest BCUT2D eigenvalue weighted by atomic mass is 16.7. The molecule has 1 aromatic rings. The first kappa shape index (κ1) is 17.0. The van der Waals surface area contributed by atoms with E-state index in [2.05, 4.69) is 13.8 Å². The van der Waals surface area contributed by atoms with Crippen LogP contribution in [0.15, 0.2) is 0 Å². The van der Waals surface area contributed by atoms with Crippen LogP contribution in [0.4, 0.5) is 0 Å². The van der Waals surface area contributed by atoms with Crippen molar-refractivity contribution in [1.82, 2.24) is 9.78 Å². The molecule has 0 radical (unpaired) electrons. The summed E-state index contributed by atoms with van der Waals surface area (Å²) in [5.41, 5.74) is 2.73. The van der Waals surface area contributed by atoms with Gasteiger partial charge in [0.25, 0.3) is 0 Å². The molecule has 2 fully saturated rings. The SMILES string of the molecule is CCOC(=O)c1c2c(nn1C)[C@@]1(C)CCC3(OCCO3)[C@@H](C)[C@@H]1CC2. The number of hydrogen-bond acceptors (Lipinski definition) is 5. The van der Waals surface area contributed by atoms with E-state index in [1.807, 2.05) is 14.0 Å². The summed E-state index contributed by atoms with van der Waals surface area (Å²) >= 11 is 0. The average Bonchev–Trinajstić information content (AvgIpc) is 3.18. The molecule has 0 unspecified atom stereocenters. The lowest BCUT2D eigenvalue weighted by molar-refractivity contribution is -0.234. The van der Waals surface area contributed by atoms with E-state index in [0.29, 0.717) is 37.4 Å². The number of carbonyl (C=O) groups is 1. The van der Waals surface area contributed by atoms with Gasteiger partial charge in [-0.05, 0) is 32.1 Å². The zero-order valence-electron chi connectivity index (χ0n) is 15.6. The van der Waals surface area contributed by atoms with Crippen molar-refractivity contribution in [3.8, 4) is 0 Å². The third-order valence-corrected chi connectivity index (χ3v) is 6.74. The third kappa shape index (κ3) is 2.30. The zero-order chi connectivity index (χ0) is 17.8. The van der Waals surface area contributed by atoms with Crippen LogP contribution < -0.4 is 0 Å². The van der Waals surface area contributed by atoms with Crippen molar-refractivity contribution in [2.24, 2.45) is 18.9 Å². The summed E-state index contributed by atoms with van der Waals surface area (Å²) in [7, 11) is 1.85. The molecule has 3 atom stereocenters.